The van der Waals surface area contributed by atoms with Crippen molar-refractivity contribution in [3.05, 3.63) is 71.3 Å². The molecule has 26 heavy (non-hydrogen) atoms. The van der Waals surface area contributed by atoms with E-state index in [-0.39, 0.29) is 36.5 Å². The Morgan fingerprint density at radius 2 is 1.58 bits per heavy atom. The molecule has 0 aliphatic heterocycles. The number of nitrogens with one attached hydrogen (secondary N) is 2. The smallest absolute Gasteiger partial charge is 0.235 e. The van der Waals surface area contributed by atoms with Gasteiger partial charge in [-0.05, 0) is 48.6 Å². The van der Waals surface area contributed by atoms with Crippen LogP contribution in [0.1, 0.15) is 24.0 Å². The lowest BCUT2D eigenvalue weighted by atomic mass is 10.0. The highest BCUT2D eigenvalue weighted by Gasteiger charge is 2.56. The second kappa shape index (κ2) is 7.64. The van der Waals surface area contributed by atoms with Gasteiger partial charge < -0.3 is 10.6 Å². The lowest BCUT2D eigenvalue weighted by Crippen LogP contribution is -2.43. The van der Waals surface area contributed by atoms with Crippen molar-refractivity contribution in [2.75, 3.05) is 6.54 Å². The highest BCUT2D eigenvalue weighted by molar-refractivity contribution is 6.07. The van der Waals surface area contributed by atoms with E-state index in [0.717, 1.165) is 5.56 Å². The van der Waals surface area contributed by atoms with Crippen LogP contribution in [0.2, 0.25) is 0 Å². The van der Waals surface area contributed by atoms with Gasteiger partial charge in [0.05, 0.1) is 0 Å². The van der Waals surface area contributed by atoms with Crippen molar-refractivity contribution in [3.63, 3.8) is 0 Å². The average Bonchev–Trinajstić information content (AvgIpc) is 3.44. The van der Waals surface area contributed by atoms with Crippen LogP contribution in [0, 0.1) is 17.0 Å². The van der Waals surface area contributed by atoms with Crippen LogP contribution in [-0.4, -0.2) is 18.4 Å². The van der Waals surface area contributed by atoms with Gasteiger partial charge in [-0.15, -0.1) is 0 Å². The predicted octanol–water partition coefficient (Wildman–Crippen LogP) is 2.72. The molecule has 6 heteroatoms. The van der Waals surface area contributed by atoms with Crippen LogP contribution in [-0.2, 0) is 22.6 Å². The summed E-state index contributed by atoms with van der Waals surface area (Å²) in [6.07, 6.45) is 1.35. The molecule has 4 nitrogen and oxygen atoms in total. The number of carbonyl (C=O) groups excluding carboxylic acids is 2. The first-order chi connectivity index (χ1) is 12.5. The first-order valence-corrected chi connectivity index (χ1v) is 8.56. The lowest BCUT2D eigenvalue weighted by Gasteiger charge is -2.15. The van der Waals surface area contributed by atoms with Crippen molar-refractivity contribution in [1.82, 2.24) is 10.6 Å². The molecule has 0 aromatic heterocycles. The Bertz CT molecular complexity index is 802. The van der Waals surface area contributed by atoms with E-state index in [4.69, 9.17) is 0 Å². The number of amides is 2. The number of halogens is 2. The third-order valence-corrected chi connectivity index (χ3v) is 4.62. The Morgan fingerprint density at radius 1 is 0.923 bits per heavy atom. The molecule has 0 bridgehead atoms. The summed E-state index contributed by atoms with van der Waals surface area (Å²) >= 11 is 0. The molecule has 1 saturated carbocycles. The fraction of sp³-hybridized carbons (Fsp3) is 0.300. The fourth-order valence-electron chi connectivity index (χ4n) is 2.82. The topological polar surface area (TPSA) is 58.2 Å². The maximum atomic E-state index is 13.6. The zero-order chi connectivity index (χ0) is 18.6. The minimum atomic E-state index is -1.03. The van der Waals surface area contributed by atoms with Crippen molar-refractivity contribution in [3.8, 4) is 0 Å². The van der Waals surface area contributed by atoms with Crippen molar-refractivity contribution in [2.24, 2.45) is 5.41 Å². The Balaban J connectivity index is 1.49. The Kier molecular flexibility index (Phi) is 5.30. The maximum Gasteiger partial charge on any atom is 0.235 e. The summed E-state index contributed by atoms with van der Waals surface area (Å²) in [5.74, 6) is -1.30. The molecule has 1 fully saturated rings. The van der Waals surface area contributed by atoms with Gasteiger partial charge in [0.15, 0.2) is 0 Å². The molecule has 1 aliphatic carbocycles. The minimum Gasteiger partial charge on any atom is -0.355 e. The van der Waals surface area contributed by atoms with E-state index in [1.807, 2.05) is 0 Å². The highest BCUT2D eigenvalue weighted by atomic mass is 19.1. The van der Waals surface area contributed by atoms with Crippen molar-refractivity contribution >= 4 is 11.8 Å². The minimum absolute atomic E-state index is 0.239. The number of carbonyl (C=O) groups is 2. The normalized spacial score (nSPS) is 14.5. The predicted molar refractivity (Wildman–Crippen MR) is 93.0 cm³/mol. The molecule has 2 amide bonds. The largest absolute Gasteiger partial charge is 0.355 e. The third kappa shape index (κ3) is 4.07. The van der Waals surface area contributed by atoms with Crippen molar-refractivity contribution < 1.29 is 18.4 Å². The van der Waals surface area contributed by atoms with Crippen LogP contribution in [0.25, 0.3) is 0 Å². The van der Waals surface area contributed by atoms with Gasteiger partial charge in [-0.25, -0.2) is 8.78 Å². The molecule has 0 saturated heterocycles. The van der Waals surface area contributed by atoms with E-state index in [0.29, 0.717) is 24.8 Å². The van der Waals surface area contributed by atoms with Gasteiger partial charge in [-0.1, -0.05) is 30.3 Å². The molecule has 0 spiro atoms. The summed E-state index contributed by atoms with van der Waals surface area (Å²) in [7, 11) is 0. The van der Waals surface area contributed by atoms with E-state index in [1.54, 1.807) is 30.3 Å². The summed E-state index contributed by atoms with van der Waals surface area (Å²) in [5, 5.41) is 5.47. The van der Waals surface area contributed by atoms with Gasteiger partial charge in [0.2, 0.25) is 11.8 Å². The molecule has 136 valence electrons. The van der Waals surface area contributed by atoms with Gasteiger partial charge in [0.25, 0.3) is 0 Å². The molecule has 2 aromatic carbocycles. The second-order valence-electron chi connectivity index (χ2n) is 6.49. The molecular weight excluding hydrogens is 338 g/mol. The summed E-state index contributed by atoms with van der Waals surface area (Å²) in [6, 6.07) is 12.2. The fourth-order valence-corrected chi connectivity index (χ4v) is 2.82. The first kappa shape index (κ1) is 18.0. The molecule has 2 N–H and O–H groups in total. The summed E-state index contributed by atoms with van der Waals surface area (Å²) in [6.45, 7) is 0.510. The maximum absolute atomic E-state index is 13.6. The molecule has 0 heterocycles. The number of hydrogen-bond acceptors (Lipinski definition) is 2. The van der Waals surface area contributed by atoms with Crippen LogP contribution in [0.3, 0.4) is 0 Å². The van der Waals surface area contributed by atoms with E-state index >= 15 is 0 Å². The van der Waals surface area contributed by atoms with Crippen molar-refractivity contribution in [2.45, 2.75) is 25.8 Å². The van der Waals surface area contributed by atoms with E-state index in [2.05, 4.69) is 10.6 Å². The molecule has 0 unspecified atom stereocenters. The van der Waals surface area contributed by atoms with Gasteiger partial charge in [0.1, 0.15) is 17.0 Å². The first-order valence-electron chi connectivity index (χ1n) is 8.56. The number of rotatable bonds is 7. The van der Waals surface area contributed by atoms with E-state index in [1.165, 1.54) is 18.2 Å². The SMILES string of the molecule is O=C(NCCc1ccccc1F)C1(C(=O)NCc2ccc(F)cc2)CC1. The van der Waals surface area contributed by atoms with Crippen LogP contribution >= 0.6 is 0 Å². The number of hydrogen-bond donors (Lipinski definition) is 2. The monoisotopic (exact) mass is 358 g/mol. The number of benzene rings is 2. The second-order valence-corrected chi connectivity index (χ2v) is 6.49. The lowest BCUT2D eigenvalue weighted by molar-refractivity contribution is -0.137. The Hall–Kier alpha value is -2.76. The molecule has 3 rings (SSSR count). The third-order valence-electron chi connectivity index (χ3n) is 4.62. The Labute approximate surface area is 150 Å². The zero-order valence-corrected chi connectivity index (χ0v) is 14.2. The van der Waals surface area contributed by atoms with Gasteiger partial charge in [-0.2, -0.15) is 0 Å². The van der Waals surface area contributed by atoms with Gasteiger partial charge in [-0.3, -0.25) is 9.59 Å². The quantitative estimate of drug-likeness (QED) is 0.748. The summed E-state index contributed by atoms with van der Waals surface area (Å²) in [4.78, 5) is 24.8. The van der Waals surface area contributed by atoms with E-state index in [9.17, 15) is 18.4 Å². The van der Waals surface area contributed by atoms with Gasteiger partial charge >= 0.3 is 0 Å². The van der Waals surface area contributed by atoms with Crippen LogP contribution in [0.5, 0.6) is 0 Å². The molecule has 0 atom stereocenters. The van der Waals surface area contributed by atoms with Crippen LogP contribution < -0.4 is 10.6 Å². The average molecular weight is 358 g/mol. The molecule has 2 aromatic rings. The molecule has 1 aliphatic rings. The van der Waals surface area contributed by atoms with E-state index < -0.39 is 5.41 Å². The summed E-state index contributed by atoms with van der Waals surface area (Å²) < 4.78 is 26.5. The van der Waals surface area contributed by atoms with Crippen LogP contribution in [0.15, 0.2) is 48.5 Å². The standard InChI is InChI=1S/C20H20F2N2O2/c21-16-7-5-14(6-8-16)13-24-19(26)20(10-11-20)18(25)23-12-9-15-3-1-2-4-17(15)22/h1-8H,9-13H2,(H,23,25)(H,24,26). The van der Waals surface area contributed by atoms with Crippen LogP contribution in [0.4, 0.5) is 8.78 Å². The summed E-state index contributed by atoms with van der Waals surface area (Å²) in [5.41, 5.74) is 0.254. The highest BCUT2D eigenvalue weighted by Crippen LogP contribution is 2.46. The molecular formula is C20H20F2N2O2. The Morgan fingerprint density at radius 3 is 2.23 bits per heavy atom. The molecule has 0 radical (unpaired) electrons. The van der Waals surface area contributed by atoms with Gasteiger partial charge in [0, 0.05) is 13.1 Å². The van der Waals surface area contributed by atoms with Crippen molar-refractivity contribution in [1.29, 1.82) is 0 Å². The zero-order valence-electron chi connectivity index (χ0n) is 14.2.